The van der Waals surface area contributed by atoms with Crippen molar-refractivity contribution in [3.63, 3.8) is 0 Å². The second-order valence-electron chi connectivity index (χ2n) is 5.41. The average Bonchev–Trinajstić information content (AvgIpc) is 3.16. The molecule has 0 saturated carbocycles. The van der Waals surface area contributed by atoms with Gasteiger partial charge in [-0.2, -0.15) is 0 Å². The Balaban J connectivity index is 1.83. The Labute approximate surface area is 116 Å². The first kappa shape index (κ1) is 14.1. The molecule has 1 saturated heterocycles. The third kappa shape index (κ3) is 4.71. The molecule has 1 aliphatic rings. The number of epoxide rings is 1. The molecule has 1 unspecified atom stereocenters. The summed E-state index contributed by atoms with van der Waals surface area (Å²) in [6.07, 6.45) is 9.00. The summed E-state index contributed by atoms with van der Waals surface area (Å²) < 4.78 is 11.2. The van der Waals surface area contributed by atoms with Crippen molar-refractivity contribution in [2.24, 2.45) is 0 Å². The zero-order valence-corrected chi connectivity index (χ0v) is 12.0. The molecule has 2 rings (SSSR count). The number of para-hydroxylation sites is 1. The summed E-state index contributed by atoms with van der Waals surface area (Å²) in [5, 5.41) is 0. The van der Waals surface area contributed by atoms with E-state index >= 15 is 0 Å². The summed E-state index contributed by atoms with van der Waals surface area (Å²) in [5.41, 5.74) is 1.26. The van der Waals surface area contributed by atoms with Crippen molar-refractivity contribution in [3.05, 3.63) is 42.0 Å². The van der Waals surface area contributed by atoms with Gasteiger partial charge in [0, 0.05) is 0 Å². The molecular formula is C17H24O2. The first-order chi connectivity index (χ1) is 9.23. The Morgan fingerprint density at radius 2 is 2.11 bits per heavy atom. The van der Waals surface area contributed by atoms with Crippen LogP contribution in [0.25, 0.3) is 0 Å². The van der Waals surface area contributed by atoms with Crippen LogP contribution in [0.15, 0.2) is 36.4 Å². The lowest BCUT2D eigenvalue weighted by atomic mass is 10.1. The van der Waals surface area contributed by atoms with Crippen LogP contribution in [-0.4, -0.2) is 18.8 Å². The van der Waals surface area contributed by atoms with E-state index in [2.05, 4.69) is 44.2 Å². The number of aryl methyl sites for hydroxylation is 1. The van der Waals surface area contributed by atoms with Crippen LogP contribution in [0.3, 0.4) is 0 Å². The minimum Gasteiger partial charge on any atom is -0.490 e. The van der Waals surface area contributed by atoms with E-state index in [-0.39, 0.29) is 5.60 Å². The van der Waals surface area contributed by atoms with Gasteiger partial charge in [0.25, 0.3) is 0 Å². The number of ether oxygens (including phenoxy) is 2. The standard InChI is InChI=1S/C17H24O2/c1-3-4-5-6-7-10-15-11-8-9-12-16(15)18-13-17(2)14-19-17/h4-5,8-9,11-12H,3,6-7,10,13-14H2,1-2H3/b5-4+. The molecule has 0 bridgehead atoms. The van der Waals surface area contributed by atoms with E-state index in [1.54, 1.807) is 0 Å². The molecule has 2 heteroatoms. The summed E-state index contributed by atoms with van der Waals surface area (Å²) >= 11 is 0. The first-order valence-electron chi connectivity index (χ1n) is 7.23. The summed E-state index contributed by atoms with van der Waals surface area (Å²) in [4.78, 5) is 0. The molecule has 0 N–H and O–H groups in total. The fourth-order valence-corrected chi connectivity index (χ4v) is 1.98. The first-order valence-corrected chi connectivity index (χ1v) is 7.23. The molecule has 1 aliphatic heterocycles. The fraction of sp³-hybridized carbons (Fsp3) is 0.529. The monoisotopic (exact) mass is 260 g/mol. The fourth-order valence-electron chi connectivity index (χ4n) is 1.98. The molecule has 0 aliphatic carbocycles. The van der Waals surface area contributed by atoms with E-state index in [0.29, 0.717) is 6.61 Å². The van der Waals surface area contributed by atoms with Gasteiger partial charge in [-0.15, -0.1) is 0 Å². The number of rotatable bonds is 8. The Bertz CT molecular complexity index is 419. The molecule has 0 spiro atoms. The third-order valence-electron chi connectivity index (χ3n) is 3.36. The molecule has 0 radical (unpaired) electrons. The SMILES string of the molecule is CC/C=C/CCCc1ccccc1OCC1(C)CO1. The van der Waals surface area contributed by atoms with Gasteiger partial charge in [0.15, 0.2) is 0 Å². The lowest BCUT2D eigenvalue weighted by Gasteiger charge is -2.12. The van der Waals surface area contributed by atoms with Crippen LogP contribution in [0.5, 0.6) is 5.75 Å². The summed E-state index contributed by atoms with van der Waals surface area (Å²) in [6.45, 7) is 5.72. The average molecular weight is 260 g/mol. The zero-order valence-electron chi connectivity index (χ0n) is 12.0. The van der Waals surface area contributed by atoms with Crippen molar-refractivity contribution in [1.82, 2.24) is 0 Å². The quantitative estimate of drug-likeness (QED) is 0.398. The number of hydrogen-bond acceptors (Lipinski definition) is 2. The maximum absolute atomic E-state index is 5.90. The van der Waals surface area contributed by atoms with Crippen LogP contribution in [0, 0.1) is 0 Å². The van der Waals surface area contributed by atoms with E-state index in [4.69, 9.17) is 9.47 Å². The normalized spacial score (nSPS) is 21.8. The highest BCUT2D eigenvalue weighted by Crippen LogP contribution is 2.28. The van der Waals surface area contributed by atoms with E-state index in [0.717, 1.165) is 31.6 Å². The third-order valence-corrected chi connectivity index (χ3v) is 3.36. The predicted molar refractivity (Wildman–Crippen MR) is 78.7 cm³/mol. The van der Waals surface area contributed by atoms with Crippen LogP contribution >= 0.6 is 0 Å². The van der Waals surface area contributed by atoms with Crippen LogP contribution < -0.4 is 4.74 Å². The summed E-state index contributed by atoms with van der Waals surface area (Å²) in [7, 11) is 0. The van der Waals surface area contributed by atoms with Gasteiger partial charge in [0.2, 0.25) is 0 Å². The second kappa shape index (κ2) is 6.76. The van der Waals surface area contributed by atoms with E-state index in [9.17, 15) is 0 Å². The summed E-state index contributed by atoms with van der Waals surface area (Å²) in [5.74, 6) is 1.01. The molecule has 1 aromatic carbocycles. The largest absolute Gasteiger partial charge is 0.490 e. The lowest BCUT2D eigenvalue weighted by molar-refractivity contribution is 0.201. The number of allylic oxidation sites excluding steroid dienone is 2. The molecule has 1 aromatic rings. The molecule has 0 aromatic heterocycles. The Morgan fingerprint density at radius 1 is 1.32 bits per heavy atom. The molecular weight excluding hydrogens is 236 g/mol. The van der Waals surface area contributed by atoms with Gasteiger partial charge in [-0.1, -0.05) is 37.3 Å². The van der Waals surface area contributed by atoms with Crippen molar-refractivity contribution in [3.8, 4) is 5.75 Å². The minimum atomic E-state index is -0.0447. The molecule has 1 heterocycles. The van der Waals surface area contributed by atoms with E-state index in [1.165, 1.54) is 12.0 Å². The number of hydrogen-bond donors (Lipinski definition) is 0. The lowest BCUT2D eigenvalue weighted by Crippen LogP contribution is -2.17. The molecule has 0 amide bonds. The van der Waals surface area contributed by atoms with E-state index in [1.807, 2.05) is 6.07 Å². The van der Waals surface area contributed by atoms with Crippen LogP contribution in [0.4, 0.5) is 0 Å². The Hall–Kier alpha value is -1.28. The van der Waals surface area contributed by atoms with Gasteiger partial charge in [-0.05, 0) is 44.2 Å². The Morgan fingerprint density at radius 3 is 2.84 bits per heavy atom. The molecule has 2 nitrogen and oxygen atoms in total. The highest BCUT2D eigenvalue weighted by molar-refractivity contribution is 5.33. The van der Waals surface area contributed by atoms with Gasteiger partial charge in [-0.3, -0.25) is 0 Å². The highest BCUT2D eigenvalue weighted by atomic mass is 16.6. The van der Waals surface area contributed by atoms with Crippen molar-refractivity contribution in [2.75, 3.05) is 13.2 Å². The van der Waals surface area contributed by atoms with Gasteiger partial charge in [0.05, 0.1) is 6.61 Å². The predicted octanol–water partition coefficient (Wildman–Crippen LogP) is 4.14. The smallest absolute Gasteiger partial charge is 0.123 e. The van der Waals surface area contributed by atoms with Crippen LogP contribution in [-0.2, 0) is 11.2 Å². The van der Waals surface area contributed by atoms with Gasteiger partial charge >= 0.3 is 0 Å². The van der Waals surface area contributed by atoms with Crippen molar-refractivity contribution >= 4 is 0 Å². The number of unbranched alkanes of at least 4 members (excludes halogenated alkanes) is 1. The maximum Gasteiger partial charge on any atom is 0.123 e. The topological polar surface area (TPSA) is 21.8 Å². The molecule has 104 valence electrons. The van der Waals surface area contributed by atoms with Crippen LogP contribution in [0.2, 0.25) is 0 Å². The Kier molecular flexibility index (Phi) is 5.03. The molecule has 1 fully saturated rings. The second-order valence-corrected chi connectivity index (χ2v) is 5.41. The van der Waals surface area contributed by atoms with Crippen LogP contribution in [0.1, 0.15) is 38.7 Å². The van der Waals surface area contributed by atoms with Gasteiger partial charge in [0.1, 0.15) is 18.0 Å². The van der Waals surface area contributed by atoms with Crippen molar-refractivity contribution in [2.45, 2.75) is 45.1 Å². The number of benzene rings is 1. The van der Waals surface area contributed by atoms with Crippen molar-refractivity contribution in [1.29, 1.82) is 0 Å². The highest BCUT2D eigenvalue weighted by Gasteiger charge is 2.40. The molecule has 1 atom stereocenters. The van der Waals surface area contributed by atoms with Gasteiger partial charge in [-0.25, -0.2) is 0 Å². The minimum absolute atomic E-state index is 0.0447. The summed E-state index contributed by atoms with van der Waals surface area (Å²) in [6, 6.07) is 8.34. The zero-order chi connectivity index (χ0) is 13.6. The maximum atomic E-state index is 5.90. The molecule has 19 heavy (non-hydrogen) atoms. The van der Waals surface area contributed by atoms with E-state index < -0.39 is 0 Å². The van der Waals surface area contributed by atoms with Crippen molar-refractivity contribution < 1.29 is 9.47 Å². The van der Waals surface area contributed by atoms with Gasteiger partial charge < -0.3 is 9.47 Å².